The Labute approximate surface area is 183 Å². The lowest BCUT2D eigenvalue weighted by atomic mass is 10.0. The van der Waals surface area contributed by atoms with E-state index in [1.807, 2.05) is 42.2 Å². The zero-order valence-electron chi connectivity index (χ0n) is 18.0. The summed E-state index contributed by atoms with van der Waals surface area (Å²) in [5.74, 6) is 2.07. The van der Waals surface area contributed by atoms with E-state index in [0.29, 0.717) is 23.5 Å². The first-order valence-corrected chi connectivity index (χ1v) is 11.3. The molecule has 5 nitrogen and oxygen atoms in total. The predicted octanol–water partition coefficient (Wildman–Crippen LogP) is 5.80. The summed E-state index contributed by atoms with van der Waals surface area (Å²) in [6.07, 6.45) is 7.06. The SMILES string of the molecule is Cc1cc(Cl)ccc1N1C(=O)C(CC(C)C)N=C1N(Cc1ccco1)C1CCCC1. The molecule has 1 atom stereocenters. The molecule has 160 valence electrons. The molecule has 1 unspecified atom stereocenters. The maximum atomic E-state index is 13.5. The van der Waals surface area contributed by atoms with E-state index in [4.69, 9.17) is 21.0 Å². The molecule has 0 saturated heterocycles. The van der Waals surface area contributed by atoms with Gasteiger partial charge in [0.1, 0.15) is 11.8 Å². The van der Waals surface area contributed by atoms with Crippen molar-refractivity contribution in [1.82, 2.24) is 4.90 Å². The van der Waals surface area contributed by atoms with E-state index in [1.165, 1.54) is 12.8 Å². The van der Waals surface area contributed by atoms with Gasteiger partial charge in [-0.05, 0) is 68.0 Å². The predicted molar refractivity (Wildman–Crippen MR) is 121 cm³/mol. The van der Waals surface area contributed by atoms with Gasteiger partial charge in [0, 0.05) is 11.1 Å². The Kier molecular flexibility index (Phi) is 6.19. The molecule has 2 aliphatic rings. The molecule has 0 N–H and O–H groups in total. The summed E-state index contributed by atoms with van der Waals surface area (Å²) in [4.78, 5) is 22.6. The minimum atomic E-state index is -0.351. The molecule has 30 heavy (non-hydrogen) atoms. The van der Waals surface area contributed by atoms with Crippen LogP contribution < -0.4 is 4.90 Å². The van der Waals surface area contributed by atoms with Crippen LogP contribution in [0.5, 0.6) is 0 Å². The Bertz CT molecular complexity index is 917. The van der Waals surface area contributed by atoms with Crippen molar-refractivity contribution < 1.29 is 9.21 Å². The third-order valence-corrected chi connectivity index (χ3v) is 6.23. The second kappa shape index (κ2) is 8.84. The second-order valence-corrected chi connectivity index (χ2v) is 9.26. The van der Waals surface area contributed by atoms with Gasteiger partial charge in [-0.25, -0.2) is 9.89 Å². The number of anilines is 1. The van der Waals surface area contributed by atoms with Crippen LogP contribution in [0.15, 0.2) is 46.0 Å². The maximum absolute atomic E-state index is 13.5. The lowest BCUT2D eigenvalue weighted by Crippen LogP contribution is -2.48. The Morgan fingerprint density at radius 3 is 2.67 bits per heavy atom. The van der Waals surface area contributed by atoms with Crippen molar-refractivity contribution in [1.29, 1.82) is 0 Å². The average molecular weight is 428 g/mol. The number of hydrogen-bond donors (Lipinski definition) is 0. The highest BCUT2D eigenvalue weighted by atomic mass is 35.5. The number of nitrogens with zero attached hydrogens (tertiary/aromatic N) is 3. The molecule has 1 aromatic heterocycles. The highest BCUT2D eigenvalue weighted by molar-refractivity contribution is 6.31. The Hall–Kier alpha value is -2.27. The van der Waals surface area contributed by atoms with Crippen LogP contribution in [0.25, 0.3) is 0 Å². The van der Waals surface area contributed by atoms with E-state index in [1.54, 1.807) is 6.26 Å². The van der Waals surface area contributed by atoms with Crippen molar-refractivity contribution in [2.75, 3.05) is 4.90 Å². The van der Waals surface area contributed by atoms with Gasteiger partial charge in [0.05, 0.1) is 18.5 Å². The summed E-state index contributed by atoms with van der Waals surface area (Å²) < 4.78 is 5.66. The van der Waals surface area contributed by atoms with Gasteiger partial charge in [-0.2, -0.15) is 0 Å². The van der Waals surface area contributed by atoms with Gasteiger partial charge in [0.25, 0.3) is 5.91 Å². The second-order valence-electron chi connectivity index (χ2n) is 8.82. The maximum Gasteiger partial charge on any atom is 0.258 e. The van der Waals surface area contributed by atoms with Crippen LogP contribution >= 0.6 is 11.6 Å². The number of amides is 1. The Balaban J connectivity index is 1.76. The van der Waals surface area contributed by atoms with Crippen molar-refractivity contribution in [3.63, 3.8) is 0 Å². The molecule has 1 aliphatic heterocycles. The third-order valence-electron chi connectivity index (χ3n) is 6.00. The number of hydrogen-bond acceptors (Lipinski definition) is 4. The first-order valence-electron chi connectivity index (χ1n) is 10.9. The molecule has 1 amide bonds. The van der Waals surface area contributed by atoms with Gasteiger partial charge in [0.2, 0.25) is 5.96 Å². The minimum Gasteiger partial charge on any atom is -0.467 e. The summed E-state index contributed by atoms with van der Waals surface area (Å²) in [6, 6.07) is 9.59. The molecule has 1 saturated carbocycles. The average Bonchev–Trinajstić information content (AvgIpc) is 3.43. The zero-order chi connectivity index (χ0) is 21.3. The summed E-state index contributed by atoms with van der Waals surface area (Å²) in [7, 11) is 0. The smallest absolute Gasteiger partial charge is 0.258 e. The normalized spacial score (nSPS) is 19.8. The van der Waals surface area contributed by atoms with Gasteiger partial charge < -0.3 is 9.32 Å². The largest absolute Gasteiger partial charge is 0.467 e. The molecule has 2 aromatic rings. The van der Waals surface area contributed by atoms with E-state index in [9.17, 15) is 4.79 Å². The van der Waals surface area contributed by atoms with E-state index >= 15 is 0 Å². The molecule has 4 rings (SSSR count). The monoisotopic (exact) mass is 427 g/mol. The number of aliphatic imine (C=N–C) groups is 1. The van der Waals surface area contributed by atoms with Crippen LogP contribution in [-0.4, -0.2) is 28.9 Å². The fourth-order valence-corrected chi connectivity index (χ4v) is 4.77. The number of guanidine groups is 1. The van der Waals surface area contributed by atoms with Gasteiger partial charge >= 0.3 is 0 Å². The number of carbonyl (C=O) groups excluding carboxylic acids is 1. The molecule has 0 radical (unpaired) electrons. The lowest BCUT2D eigenvalue weighted by molar-refractivity contribution is -0.118. The van der Waals surface area contributed by atoms with Crippen LogP contribution in [0.2, 0.25) is 5.02 Å². The first kappa shape index (κ1) is 21.0. The molecule has 1 aromatic carbocycles. The summed E-state index contributed by atoms with van der Waals surface area (Å²) in [6.45, 7) is 6.88. The van der Waals surface area contributed by atoms with Crippen molar-refractivity contribution in [2.24, 2.45) is 10.9 Å². The van der Waals surface area contributed by atoms with Gasteiger partial charge in [-0.1, -0.05) is 38.3 Å². The van der Waals surface area contributed by atoms with Crippen LogP contribution in [0.3, 0.4) is 0 Å². The van der Waals surface area contributed by atoms with Crippen molar-refractivity contribution in [3.8, 4) is 0 Å². The third kappa shape index (κ3) is 4.27. The number of furan rings is 1. The Morgan fingerprint density at radius 2 is 2.03 bits per heavy atom. The highest BCUT2D eigenvalue weighted by Crippen LogP contribution is 2.34. The first-order chi connectivity index (χ1) is 14.4. The summed E-state index contributed by atoms with van der Waals surface area (Å²) in [5.41, 5.74) is 1.83. The fourth-order valence-electron chi connectivity index (χ4n) is 4.55. The molecule has 0 spiro atoms. The molecule has 0 bridgehead atoms. The topological polar surface area (TPSA) is 49.1 Å². The van der Waals surface area contributed by atoms with Gasteiger partial charge in [-0.3, -0.25) is 4.79 Å². The quantitative estimate of drug-likeness (QED) is 0.585. The van der Waals surface area contributed by atoms with Crippen LogP contribution in [0.1, 0.15) is 57.3 Å². The number of rotatable bonds is 6. The van der Waals surface area contributed by atoms with E-state index in [0.717, 1.165) is 42.2 Å². The van der Waals surface area contributed by atoms with Crippen LogP contribution in [0.4, 0.5) is 5.69 Å². The van der Waals surface area contributed by atoms with E-state index in [-0.39, 0.29) is 11.9 Å². The van der Waals surface area contributed by atoms with Gasteiger partial charge in [-0.15, -0.1) is 0 Å². The van der Waals surface area contributed by atoms with Crippen LogP contribution in [-0.2, 0) is 11.3 Å². The van der Waals surface area contributed by atoms with Crippen LogP contribution in [0, 0.1) is 12.8 Å². The molecule has 2 heterocycles. The molecule has 1 aliphatic carbocycles. The van der Waals surface area contributed by atoms with Crippen molar-refractivity contribution in [3.05, 3.63) is 52.9 Å². The van der Waals surface area contributed by atoms with Crippen molar-refractivity contribution in [2.45, 2.75) is 71.5 Å². The van der Waals surface area contributed by atoms with Crippen molar-refractivity contribution >= 4 is 29.2 Å². The lowest BCUT2D eigenvalue weighted by Gasteiger charge is -2.34. The standard InChI is InChI=1S/C24H30ClN3O2/c1-16(2)13-21-23(29)28(22-11-10-18(25)14-17(22)3)24(26-21)27(19-7-4-5-8-19)15-20-9-6-12-30-20/h6,9-12,14,16,19,21H,4-5,7-8,13,15H2,1-3H3. The summed E-state index contributed by atoms with van der Waals surface area (Å²) in [5, 5.41) is 0.670. The highest BCUT2D eigenvalue weighted by Gasteiger charge is 2.41. The van der Waals surface area contributed by atoms with E-state index in [2.05, 4.69) is 18.7 Å². The van der Waals surface area contributed by atoms with E-state index < -0.39 is 0 Å². The molecule has 6 heteroatoms. The summed E-state index contributed by atoms with van der Waals surface area (Å²) >= 11 is 6.20. The number of aryl methyl sites for hydroxylation is 1. The van der Waals surface area contributed by atoms with Gasteiger partial charge in [0.15, 0.2) is 0 Å². The Morgan fingerprint density at radius 1 is 1.27 bits per heavy atom. The number of halogens is 1. The number of benzene rings is 1. The molecular weight excluding hydrogens is 398 g/mol. The number of carbonyl (C=O) groups is 1. The molecular formula is C24H30ClN3O2. The fraction of sp³-hybridized carbons (Fsp3) is 0.500. The minimum absolute atomic E-state index is 0.0477. The molecule has 1 fully saturated rings. The zero-order valence-corrected chi connectivity index (χ0v) is 18.7.